The highest BCUT2D eigenvalue weighted by Gasteiger charge is 2.08. The third-order valence-electron chi connectivity index (χ3n) is 3.34. The number of ether oxygens (including phenoxy) is 1. The first-order chi connectivity index (χ1) is 12.1. The monoisotopic (exact) mass is 333 g/mol. The minimum atomic E-state index is -0.227. The van der Waals surface area contributed by atoms with E-state index >= 15 is 0 Å². The number of carbonyl (C=O) groups is 1. The zero-order valence-corrected chi connectivity index (χ0v) is 13.5. The molecule has 1 N–H and O–H groups in total. The summed E-state index contributed by atoms with van der Waals surface area (Å²) in [5, 5.41) is 6.55. The number of hydrogen-bond acceptors (Lipinski definition) is 5. The summed E-state index contributed by atoms with van der Waals surface area (Å²) in [5.41, 5.74) is 1.86. The summed E-state index contributed by atoms with van der Waals surface area (Å²) in [5.74, 6) is 3.86. The SMILES string of the molecule is C#Cc1cccc(NC(=O)c2ccc(OCc3noc(C)n3)cc2)c1. The van der Waals surface area contributed by atoms with Gasteiger partial charge in [0.15, 0.2) is 6.61 Å². The van der Waals surface area contributed by atoms with Crippen molar-refractivity contribution < 1.29 is 14.1 Å². The molecule has 0 atom stereocenters. The summed E-state index contributed by atoms with van der Waals surface area (Å²) in [6.07, 6.45) is 5.36. The Morgan fingerprint density at radius 3 is 2.76 bits per heavy atom. The molecule has 0 aliphatic carbocycles. The van der Waals surface area contributed by atoms with Crippen LogP contribution >= 0.6 is 0 Å². The number of benzene rings is 2. The lowest BCUT2D eigenvalue weighted by molar-refractivity contribution is 0.102. The van der Waals surface area contributed by atoms with Crippen LogP contribution in [0.4, 0.5) is 5.69 Å². The van der Waals surface area contributed by atoms with Gasteiger partial charge in [-0.05, 0) is 42.5 Å². The van der Waals surface area contributed by atoms with Crippen molar-refractivity contribution in [2.45, 2.75) is 13.5 Å². The molecule has 3 rings (SSSR count). The maximum Gasteiger partial charge on any atom is 0.255 e. The number of aryl methyl sites for hydroxylation is 1. The van der Waals surface area contributed by atoms with Gasteiger partial charge in [0, 0.05) is 23.7 Å². The quantitative estimate of drug-likeness (QED) is 0.726. The number of carbonyl (C=O) groups excluding carboxylic acids is 1. The molecule has 0 saturated heterocycles. The Labute approximate surface area is 144 Å². The predicted molar refractivity (Wildman–Crippen MR) is 92.1 cm³/mol. The van der Waals surface area contributed by atoms with Crippen molar-refractivity contribution in [3.63, 3.8) is 0 Å². The molecule has 0 saturated carbocycles. The van der Waals surface area contributed by atoms with Gasteiger partial charge in [-0.15, -0.1) is 6.42 Å². The molecule has 0 aliphatic heterocycles. The van der Waals surface area contributed by atoms with E-state index in [4.69, 9.17) is 15.7 Å². The maximum absolute atomic E-state index is 12.3. The zero-order chi connectivity index (χ0) is 17.6. The van der Waals surface area contributed by atoms with Crippen LogP contribution in [-0.2, 0) is 6.61 Å². The van der Waals surface area contributed by atoms with Gasteiger partial charge in [0.1, 0.15) is 5.75 Å². The van der Waals surface area contributed by atoms with Crippen LogP contribution in [0.5, 0.6) is 5.75 Å². The van der Waals surface area contributed by atoms with Crippen LogP contribution in [0.25, 0.3) is 0 Å². The van der Waals surface area contributed by atoms with Crippen LogP contribution in [-0.4, -0.2) is 16.0 Å². The second-order valence-corrected chi connectivity index (χ2v) is 5.22. The van der Waals surface area contributed by atoms with Crippen molar-refractivity contribution in [1.29, 1.82) is 0 Å². The van der Waals surface area contributed by atoms with Crippen LogP contribution in [0.3, 0.4) is 0 Å². The second kappa shape index (κ2) is 7.32. The highest BCUT2D eigenvalue weighted by molar-refractivity contribution is 6.04. The lowest BCUT2D eigenvalue weighted by Gasteiger charge is -2.07. The van der Waals surface area contributed by atoms with Gasteiger partial charge in [0.2, 0.25) is 11.7 Å². The number of terminal acetylenes is 1. The number of anilines is 1. The van der Waals surface area contributed by atoms with Crippen molar-refractivity contribution >= 4 is 11.6 Å². The average Bonchev–Trinajstić information content (AvgIpc) is 3.06. The van der Waals surface area contributed by atoms with Crippen LogP contribution in [0.15, 0.2) is 53.1 Å². The van der Waals surface area contributed by atoms with Gasteiger partial charge in [-0.25, -0.2) is 0 Å². The minimum absolute atomic E-state index is 0.196. The number of rotatable bonds is 5. The van der Waals surface area contributed by atoms with E-state index in [0.717, 1.165) is 0 Å². The molecule has 6 heteroatoms. The van der Waals surface area contributed by atoms with E-state index in [1.54, 1.807) is 55.5 Å². The Morgan fingerprint density at radius 2 is 2.08 bits per heavy atom. The fourth-order valence-corrected chi connectivity index (χ4v) is 2.14. The van der Waals surface area contributed by atoms with Gasteiger partial charge in [0.05, 0.1) is 0 Å². The molecule has 2 aromatic carbocycles. The molecule has 1 amide bonds. The van der Waals surface area contributed by atoms with Crippen molar-refractivity contribution in [3.05, 3.63) is 71.4 Å². The fraction of sp³-hybridized carbons (Fsp3) is 0.105. The van der Waals surface area contributed by atoms with E-state index in [0.29, 0.717) is 34.3 Å². The van der Waals surface area contributed by atoms with E-state index in [-0.39, 0.29) is 12.5 Å². The van der Waals surface area contributed by atoms with Crippen molar-refractivity contribution in [2.24, 2.45) is 0 Å². The van der Waals surface area contributed by atoms with E-state index in [2.05, 4.69) is 21.4 Å². The van der Waals surface area contributed by atoms with E-state index < -0.39 is 0 Å². The molecule has 0 radical (unpaired) electrons. The van der Waals surface area contributed by atoms with Crippen LogP contribution in [0.1, 0.15) is 27.6 Å². The second-order valence-electron chi connectivity index (χ2n) is 5.22. The van der Waals surface area contributed by atoms with Crippen molar-refractivity contribution in [3.8, 4) is 18.1 Å². The summed E-state index contributed by atoms with van der Waals surface area (Å²) in [7, 11) is 0. The molecular formula is C19H15N3O3. The Kier molecular flexibility index (Phi) is 4.77. The minimum Gasteiger partial charge on any atom is -0.485 e. The summed E-state index contributed by atoms with van der Waals surface area (Å²) in [6.45, 7) is 1.91. The molecule has 25 heavy (non-hydrogen) atoms. The average molecular weight is 333 g/mol. The Hall–Kier alpha value is -3.59. The summed E-state index contributed by atoms with van der Waals surface area (Å²) in [6, 6.07) is 13.9. The molecule has 0 aliphatic rings. The van der Waals surface area contributed by atoms with E-state index in [9.17, 15) is 4.79 Å². The number of nitrogens with one attached hydrogen (secondary N) is 1. The predicted octanol–water partition coefficient (Wildman–Crippen LogP) is 3.19. The Bertz CT molecular complexity index is 924. The van der Waals surface area contributed by atoms with E-state index in [1.807, 2.05) is 0 Å². The zero-order valence-electron chi connectivity index (χ0n) is 13.5. The third kappa shape index (κ3) is 4.24. The van der Waals surface area contributed by atoms with Crippen molar-refractivity contribution in [1.82, 2.24) is 10.1 Å². The van der Waals surface area contributed by atoms with Gasteiger partial charge in [-0.1, -0.05) is 17.1 Å². The number of amides is 1. The number of aromatic nitrogens is 2. The van der Waals surface area contributed by atoms with Crippen LogP contribution < -0.4 is 10.1 Å². The summed E-state index contributed by atoms with van der Waals surface area (Å²) >= 11 is 0. The first-order valence-electron chi connectivity index (χ1n) is 7.54. The smallest absolute Gasteiger partial charge is 0.255 e. The molecule has 0 bridgehead atoms. The van der Waals surface area contributed by atoms with Crippen molar-refractivity contribution in [2.75, 3.05) is 5.32 Å². The van der Waals surface area contributed by atoms with Gasteiger partial charge in [0.25, 0.3) is 5.91 Å². The summed E-state index contributed by atoms with van der Waals surface area (Å²) < 4.78 is 10.4. The highest BCUT2D eigenvalue weighted by atomic mass is 16.5. The molecule has 124 valence electrons. The normalized spacial score (nSPS) is 10.1. The van der Waals surface area contributed by atoms with Crippen LogP contribution in [0, 0.1) is 19.3 Å². The Balaban J connectivity index is 1.61. The molecule has 1 aromatic heterocycles. The number of hydrogen-bond donors (Lipinski definition) is 1. The van der Waals surface area contributed by atoms with E-state index in [1.165, 1.54) is 0 Å². The first-order valence-corrected chi connectivity index (χ1v) is 7.54. The third-order valence-corrected chi connectivity index (χ3v) is 3.34. The summed E-state index contributed by atoms with van der Waals surface area (Å²) in [4.78, 5) is 16.3. The fourth-order valence-electron chi connectivity index (χ4n) is 2.14. The molecule has 0 fully saturated rings. The van der Waals surface area contributed by atoms with Gasteiger partial charge < -0.3 is 14.6 Å². The van der Waals surface area contributed by atoms with Gasteiger partial charge in [-0.2, -0.15) is 4.98 Å². The molecule has 1 heterocycles. The lowest BCUT2D eigenvalue weighted by Crippen LogP contribution is -2.11. The molecule has 6 nitrogen and oxygen atoms in total. The molecule has 0 unspecified atom stereocenters. The Morgan fingerprint density at radius 1 is 1.28 bits per heavy atom. The first kappa shape index (κ1) is 16.3. The van der Waals surface area contributed by atoms with Crippen LogP contribution in [0.2, 0.25) is 0 Å². The van der Waals surface area contributed by atoms with Gasteiger partial charge >= 0.3 is 0 Å². The highest BCUT2D eigenvalue weighted by Crippen LogP contribution is 2.16. The topological polar surface area (TPSA) is 77.2 Å². The van der Waals surface area contributed by atoms with Gasteiger partial charge in [-0.3, -0.25) is 4.79 Å². The number of nitrogens with zero attached hydrogens (tertiary/aromatic N) is 2. The molecule has 0 spiro atoms. The maximum atomic E-state index is 12.3. The standard InChI is InChI=1S/C19H15N3O3/c1-3-14-5-4-6-16(11-14)21-19(23)15-7-9-17(10-8-15)24-12-18-20-13(2)25-22-18/h1,4-11H,12H2,2H3,(H,21,23). The molecular weight excluding hydrogens is 318 g/mol. The largest absolute Gasteiger partial charge is 0.485 e. The lowest BCUT2D eigenvalue weighted by atomic mass is 10.1. The molecule has 3 aromatic rings.